The summed E-state index contributed by atoms with van der Waals surface area (Å²) >= 11 is 0. The van der Waals surface area contributed by atoms with Crippen LogP contribution in [0.3, 0.4) is 0 Å². The van der Waals surface area contributed by atoms with E-state index in [0.29, 0.717) is 25.5 Å². The van der Waals surface area contributed by atoms with Gasteiger partial charge in [0.15, 0.2) is 0 Å². The summed E-state index contributed by atoms with van der Waals surface area (Å²) in [6, 6.07) is 0. The average Bonchev–Trinajstić information content (AvgIpc) is 2.99. The smallest absolute Gasteiger partial charge is 0.410 e. The minimum absolute atomic E-state index is 0.291. The topological polar surface area (TPSA) is 77.7 Å². The molecule has 1 aromatic heterocycles. The predicted octanol–water partition coefficient (Wildman–Crippen LogP) is 2.34. The first-order valence-corrected chi connectivity index (χ1v) is 7.58. The van der Waals surface area contributed by atoms with Crippen molar-refractivity contribution in [3.05, 3.63) is 22.9 Å². The van der Waals surface area contributed by atoms with Crippen LogP contribution in [0, 0.1) is 6.92 Å². The van der Waals surface area contributed by atoms with Crippen LogP contribution < -0.4 is 5.73 Å². The van der Waals surface area contributed by atoms with Crippen LogP contribution >= 0.6 is 0 Å². The van der Waals surface area contributed by atoms with Crippen molar-refractivity contribution in [1.82, 2.24) is 9.88 Å². The number of nitrogens with zero attached hydrogens (tertiary/aromatic N) is 2. The highest BCUT2D eigenvalue weighted by Gasteiger charge is 2.49. The van der Waals surface area contributed by atoms with E-state index in [1.54, 1.807) is 11.1 Å². The molecule has 1 saturated heterocycles. The molecular formula is C16H23N3O3. The molecule has 3 heterocycles. The molecule has 2 aliphatic rings. The maximum Gasteiger partial charge on any atom is 0.410 e. The maximum absolute atomic E-state index is 12.3. The number of aromatic nitrogens is 1. The summed E-state index contributed by atoms with van der Waals surface area (Å²) in [4.78, 5) is 18.2. The number of likely N-dealkylation sites (tertiary alicyclic amines) is 1. The first-order valence-electron chi connectivity index (χ1n) is 7.58. The van der Waals surface area contributed by atoms with E-state index in [9.17, 15) is 4.79 Å². The van der Waals surface area contributed by atoms with Gasteiger partial charge in [-0.25, -0.2) is 9.78 Å². The van der Waals surface area contributed by atoms with E-state index in [1.807, 2.05) is 27.7 Å². The minimum Gasteiger partial charge on any atom is -0.444 e. The van der Waals surface area contributed by atoms with Crippen LogP contribution in [0.5, 0.6) is 0 Å². The molecule has 0 radical (unpaired) electrons. The fourth-order valence-corrected chi connectivity index (χ4v) is 3.30. The van der Waals surface area contributed by atoms with Crippen LogP contribution in [0.4, 0.5) is 10.6 Å². The lowest BCUT2D eigenvalue weighted by atomic mass is 9.89. The normalized spacial score (nSPS) is 23.9. The number of hydrogen-bond acceptors (Lipinski definition) is 5. The van der Waals surface area contributed by atoms with E-state index in [2.05, 4.69) is 4.98 Å². The van der Waals surface area contributed by atoms with Gasteiger partial charge in [0.2, 0.25) is 0 Å². The Morgan fingerprint density at radius 3 is 2.91 bits per heavy atom. The van der Waals surface area contributed by atoms with Gasteiger partial charge in [-0.05, 0) is 38.8 Å². The molecule has 22 heavy (non-hydrogen) atoms. The molecule has 2 N–H and O–H groups in total. The minimum atomic E-state index is -0.495. The van der Waals surface area contributed by atoms with E-state index in [4.69, 9.17) is 15.2 Å². The Labute approximate surface area is 130 Å². The summed E-state index contributed by atoms with van der Waals surface area (Å²) < 4.78 is 11.5. The van der Waals surface area contributed by atoms with Gasteiger partial charge in [-0.1, -0.05) is 0 Å². The van der Waals surface area contributed by atoms with E-state index < -0.39 is 11.2 Å². The Balaban J connectivity index is 1.85. The Morgan fingerprint density at radius 2 is 2.23 bits per heavy atom. The number of fused-ring (bicyclic) bond motifs is 2. The fraction of sp³-hybridized carbons (Fsp3) is 0.625. The van der Waals surface area contributed by atoms with Crippen LogP contribution in [0.25, 0.3) is 0 Å². The van der Waals surface area contributed by atoms with Gasteiger partial charge in [0.1, 0.15) is 17.0 Å². The molecular weight excluding hydrogens is 282 g/mol. The Bertz CT molecular complexity index is 624. The maximum atomic E-state index is 12.3. The number of pyridine rings is 1. The van der Waals surface area contributed by atoms with Crippen LogP contribution in [-0.2, 0) is 21.7 Å². The number of ether oxygens (including phenoxy) is 2. The van der Waals surface area contributed by atoms with Crippen molar-refractivity contribution >= 4 is 11.9 Å². The van der Waals surface area contributed by atoms with Gasteiger partial charge in [0.25, 0.3) is 0 Å². The molecule has 1 atom stereocenters. The molecule has 1 amide bonds. The highest BCUT2D eigenvalue weighted by atomic mass is 16.6. The van der Waals surface area contributed by atoms with E-state index in [-0.39, 0.29) is 6.09 Å². The van der Waals surface area contributed by atoms with Crippen molar-refractivity contribution in [3.63, 3.8) is 0 Å². The molecule has 6 heteroatoms. The summed E-state index contributed by atoms with van der Waals surface area (Å²) in [5, 5.41) is 0. The molecule has 0 bridgehead atoms. The van der Waals surface area contributed by atoms with Crippen LogP contribution in [0.2, 0.25) is 0 Å². The van der Waals surface area contributed by atoms with Gasteiger partial charge in [0, 0.05) is 24.7 Å². The summed E-state index contributed by atoms with van der Waals surface area (Å²) in [7, 11) is 0. The van der Waals surface area contributed by atoms with Gasteiger partial charge in [-0.2, -0.15) is 0 Å². The predicted molar refractivity (Wildman–Crippen MR) is 82.3 cm³/mol. The third kappa shape index (κ3) is 2.41. The third-order valence-electron chi connectivity index (χ3n) is 4.28. The van der Waals surface area contributed by atoms with Crippen LogP contribution in [0.15, 0.2) is 6.20 Å². The largest absolute Gasteiger partial charge is 0.444 e. The lowest BCUT2D eigenvalue weighted by molar-refractivity contribution is -0.0330. The summed E-state index contributed by atoms with van der Waals surface area (Å²) in [6.45, 7) is 9.21. The lowest BCUT2D eigenvalue weighted by Crippen LogP contribution is -2.38. The summed E-state index contributed by atoms with van der Waals surface area (Å²) in [5.41, 5.74) is 8.12. The standard InChI is InChI=1S/C16H23N3O3/c1-10-12-11(7-18-13(10)17)8-21-16(12)5-6-19(9-16)14(20)22-15(2,3)4/h7H,5-6,8-9H2,1-4H3,(H2,17,18). The van der Waals surface area contributed by atoms with E-state index >= 15 is 0 Å². The zero-order valence-electron chi connectivity index (χ0n) is 13.6. The molecule has 1 unspecified atom stereocenters. The fourth-order valence-electron chi connectivity index (χ4n) is 3.30. The monoisotopic (exact) mass is 305 g/mol. The van der Waals surface area contributed by atoms with Crippen LogP contribution in [-0.4, -0.2) is 34.7 Å². The van der Waals surface area contributed by atoms with Gasteiger partial charge in [-0.3, -0.25) is 0 Å². The molecule has 0 aliphatic carbocycles. The van der Waals surface area contributed by atoms with Gasteiger partial charge in [0.05, 0.1) is 13.2 Å². The molecule has 120 valence electrons. The molecule has 3 rings (SSSR count). The quantitative estimate of drug-likeness (QED) is 0.796. The number of hydrogen-bond donors (Lipinski definition) is 1. The Kier molecular flexibility index (Phi) is 3.32. The number of carbonyl (C=O) groups excluding carboxylic acids is 1. The number of nitrogens with two attached hydrogens (primary N) is 1. The van der Waals surface area contributed by atoms with Crippen molar-refractivity contribution in [2.45, 2.75) is 51.9 Å². The first-order chi connectivity index (χ1) is 10.2. The number of nitrogen functional groups attached to an aromatic ring is 1. The van der Waals surface area contributed by atoms with Crippen molar-refractivity contribution < 1.29 is 14.3 Å². The van der Waals surface area contributed by atoms with E-state index in [0.717, 1.165) is 23.1 Å². The van der Waals surface area contributed by atoms with Gasteiger partial charge < -0.3 is 20.1 Å². The highest BCUT2D eigenvalue weighted by Crippen LogP contribution is 2.45. The van der Waals surface area contributed by atoms with Gasteiger partial charge in [-0.15, -0.1) is 0 Å². The molecule has 0 saturated carbocycles. The van der Waals surface area contributed by atoms with Crippen molar-refractivity contribution in [1.29, 1.82) is 0 Å². The number of rotatable bonds is 0. The molecule has 1 aromatic rings. The number of anilines is 1. The Morgan fingerprint density at radius 1 is 1.50 bits per heavy atom. The molecule has 0 aromatic carbocycles. The molecule has 1 fully saturated rings. The number of amides is 1. The zero-order chi connectivity index (χ0) is 16.1. The van der Waals surface area contributed by atoms with Crippen molar-refractivity contribution in [2.24, 2.45) is 0 Å². The lowest BCUT2D eigenvalue weighted by Gasteiger charge is -2.28. The second kappa shape index (κ2) is 4.84. The average molecular weight is 305 g/mol. The highest BCUT2D eigenvalue weighted by molar-refractivity contribution is 5.69. The van der Waals surface area contributed by atoms with Crippen LogP contribution in [0.1, 0.15) is 43.9 Å². The third-order valence-corrected chi connectivity index (χ3v) is 4.28. The molecule has 2 aliphatic heterocycles. The Hall–Kier alpha value is -1.82. The summed E-state index contributed by atoms with van der Waals surface area (Å²) in [6.07, 6.45) is 2.24. The van der Waals surface area contributed by atoms with E-state index in [1.165, 1.54) is 0 Å². The number of carbonyl (C=O) groups is 1. The molecule has 6 nitrogen and oxygen atoms in total. The van der Waals surface area contributed by atoms with Crippen molar-refractivity contribution in [3.8, 4) is 0 Å². The zero-order valence-corrected chi connectivity index (χ0v) is 13.6. The molecule has 1 spiro atoms. The van der Waals surface area contributed by atoms with Gasteiger partial charge >= 0.3 is 6.09 Å². The second-order valence-electron chi connectivity index (χ2n) is 7.10. The second-order valence-corrected chi connectivity index (χ2v) is 7.10. The SMILES string of the molecule is Cc1c(N)ncc2c1C1(CCN(C(=O)OC(C)(C)C)C1)OC2. The van der Waals surface area contributed by atoms with Crippen molar-refractivity contribution in [2.75, 3.05) is 18.8 Å². The first kappa shape index (κ1) is 15.1. The summed E-state index contributed by atoms with van der Waals surface area (Å²) in [5.74, 6) is 0.527.